The van der Waals surface area contributed by atoms with Crippen molar-refractivity contribution in [3.8, 4) is 0 Å². The molecule has 0 unspecified atom stereocenters. The molecule has 0 spiro atoms. The van der Waals surface area contributed by atoms with E-state index in [1.54, 1.807) is 6.20 Å². The molecular formula is C26H33IN8O. The number of hydrogen-bond acceptors (Lipinski definition) is 7. The Morgan fingerprint density at radius 3 is 2.50 bits per heavy atom. The summed E-state index contributed by atoms with van der Waals surface area (Å²) >= 11 is 2.22. The van der Waals surface area contributed by atoms with Crippen LogP contribution in [0, 0.1) is 24.3 Å². The van der Waals surface area contributed by atoms with E-state index in [-0.39, 0.29) is 11.4 Å². The summed E-state index contributed by atoms with van der Waals surface area (Å²) in [6, 6.07) is 6.41. The zero-order chi connectivity index (χ0) is 25.4. The zero-order valence-electron chi connectivity index (χ0n) is 21.2. The molecule has 0 atom stereocenters. The summed E-state index contributed by atoms with van der Waals surface area (Å²) in [5.74, 6) is 2.71. The van der Waals surface area contributed by atoms with Gasteiger partial charge < -0.3 is 20.9 Å². The summed E-state index contributed by atoms with van der Waals surface area (Å²) in [4.78, 5) is 24.1. The van der Waals surface area contributed by atoms with E-state index in [4.69, 9.17) is 0 Å². The van der Waals surface area contributed by atoms with Crippen molar-refractivity contribution >= 4 is 51.8 Å². The average Bonchev–Trinajstić information content (AvgIpc) is 3.57. The van der Waals surface area contributed by atoms with Crippen molar-refractivity contribution in [2.24, 2.45) is 0 Å². The second kappa shape index (κ2) is 9.97. The lowest BCUT2D eigenvalue weighted by molar-refractivity contribution is -0.135. The highest BCUT2D eigenvalue weighted by atomic mass is 127. The molecule has 4 N–H and O–H groups in total. The van der Waals surface area contributed by atoms with Crippen molar-refractivity contribution in [1.29, 1.82) is 0 Å². The molecule has 1 aliphatic heterocycles. The van der Waals surface area contributed by atoms with Gasteiger partial charge in [0.2, 0.25) is 11.9 Å². The second-order valence-electron chi connectivity index (χ2n) is 10.00. The molecule has 2 aromatic heterocycles. The average molecular weight is 601 g/mol. The van der Waals surface area contributed by atoms with Gasteiger partial charge in [-0.25, -0.2) is 4.98 Å². The lowest BCUT2D eigenvalue weighted by Gasteiger charge is -2.35. The lowest BCUT2D eigenvalue weighted by Crippen LogP contribution is -2.49. The topological polar surface area (TPSA) is 111 Å². The van der Waals surface area contributed by atoms with Crippen LogP contribution in [-0.4, -0.2) is 56.6 Å². The Morgan fingerprint density at radius 1 is 1.11 bits per heavy atom. The van der Waals surface area contributed by atoms with Crippen LogP contribution in [0.5, 0.6) is 0 Å². The van der Waals surface area contributed by atoms with Crippen molar-refractivity contribution in [3.05, 3.63) is 50.4 Å². The molecule has 0 radical (unpaired) electrons. The van der Waals surface area contributed by atoms with Gasteiger partial charge in [-0.2, -0.15) is 10.1 Å². The molecule has 1 saturated carbocycles. The van der Waals surface area contributed by atoms with Crippen LogP contribution in [0.4, 0.5) is 23.3 Å². The molecule has 9 nitrogen and oxygen atoms in total. The smallest absolute Gasteiger partial charge is 0.242 e. The minimum Gasteiger partial charge on any atom is -0.341 e. The van der Waals surface area contributed by atoms with E-state index in [0.717, 1.165) is 65.1 Å². The van der Waals surface area contributed by atoms with E-state index in [1.165, 1.54) is 11.1 Å². The number of hydrogen-bond donors (Lipinski definition) is 4. The first-order chi connectivity index (χ1) is 17.3. The van der Waals surface area contributed by atoms with Crippen LogP contribution in [0.2, 0.25) is 0 Å². The third-order valence-corrected chi connectivity index (χ3v) is 8.21. The molecule has 1 aliphatic carbocycles. The van der Waals surface area contributed by atoms with E-state index in [0.29, 0.717) is 17.7 Å². The van der Waals surface area contributed by atoms with Crippen molar-refractivity contribution < 1.29 is 4.79 Å². The fourth-order valence-electron chi connectivity index (χ4n) is 5.04. The fraction of sp³-hybridized carbons (Fsp3) is 0.462. The summed E-state index contributed by atoms with van der Waals surface area (Å²) in [5, 5.41) is 17.1. The van der Waals surface area contributed by atoms with E-state index in [9.17, 15) is 4.79 Å². The first-order valence-corrected chi connectivity index (χ1v) is 13.5. The van der Waals surface area contributed by atoms with Crippen molar-refractivity contribution in [2.75, 3.05) is 30.8 Å². The Hall–Kier alpha value is -2.73. The van der Waals surface area contributed by atoms with Crippen molar-refractivity contribution in [2.45, 2.75) is 57.9 Å². The number of benzene rings is 1. The zero-order valence-corrected chi connectivity index (χ0v) is 23.4. The summed E-state index contributed by atoms with van der Waals surface area (Å²) in [6.07, 6.45) is 5.71. The number of carbonyl (C=O) groups is 1. The number of aromatic amines is 1. The summed E-state index contributed by atoms with van der Waals surface area (Å²) in [5.41, 5.74) is 5.47. The number of H-pyrrole nitrogens is 1. The van der Waals surface area contributed by atoms with Crippen LogP contribution in [-0.2, 0) is 4.79 Å². The van der Waals surface area contributed by atoms with Crippen LogP contribution in [0.1, 0.15) is 54.0 Å². The number of piperidine rings is 1. The normalized spacial score (nSPS) is 17.2. The Balaban J connectivity index is 1.27. The molecule has 1 saturated heterocycles. The highest BCUT2D eigenvalue weighted by Gasteiger charge is 2.50. The maximum Gasteiger partial charge on any atom is 0.242 e. The van der Waals surface area contributed by atoms with Crippen LogP contribution in [0.3, 0.4) is 0 Å². The van der Waals surface area contributed by atoms with E-state index in [1.807, 2.05) is 20.0 Å². The number of nitrogens with zero attached hydrogens (tertiary/aromatic N) is 4. The van der Waals surface area contributed by atoms with Gasteiger partial charge in [-0.05, 0) is 105 Å². The number of carbonyl (C=O) groups excluding carboxylic acids is 1. The maximum absolute atomic E-state index is 12.9. The molecule has 3 heterocycles. The molecule has 36 heavy (non-hydrogen) atoms. The number of halogens is 1. The Morgan fingerprint density at radius 2 is 1.86 bits per heavy atom. The molecule has 5 rings (SSSR count). The predicted molar refractivity (Wildman–Crippen MR) is 150 cm³/mol. The Labute approximate surface area is 225 Å². The Bertz CT molecular complexity index is 1280. The van der Waals surface area contributed by atoms with Gasteiger partial charge in [0.15, 0.2) is 11.6 Å². The van der Waals surface area contributed by atoms with Crippen LogP contribution >= 0.6 is 22.6 Å². The van der Waals surface area contributed by atoms with E-state index in [2.05, 4.69) is 89.6 Å². The second-order valence-corrected chi connectivity index (χ2v) is 11.2. The summed E-state index contributed by atoms with van der Waals surface area (Å²) in [6.45, 7) is 7.90. The number of aryl methyl sites for hydroxylation is 3. The van der Waals surface area contributed by atoms with Gasteiger partial charge in [-0.1, -0.05) is 6.07 Å². The number of anilines is 4. The van der Waals surface area contributed by atoms with E-state index >= 15 is 0 Å². The fourth-order valence-corrected chi connectivity index (χ4v) is 5.44. The molecule has 190 valence electrons. The summed E-state index contributed by atoms with van der Waals surface area (Å²) in [7, 11) is 1.90. The monoisotopic (exact) mass is 600 g/mol. The van der Waals surface area contributed by atoms with Gasteiger partial charge in [0, 0.05) is 36.7 Å². The minimum atomic E-state index is -0.281. The molecule has 0 bridgehead atoms. The number of nitrogens with one attached hydrogen (secondary N) is 4. The van der Waals surface area contributed by atoms with Gasteiger partial charge in [-0.15, -0.1) is 0 Å². The first kappa shape index (κ1) is 24.9. The SMILES string of the molecule is CNC1(C(=O)N2CCC(c3cc(C)c(Nc4ncc(I)c(Nc5cc(C)[nH]n5)n4)cc3C)CC2)CC1. The van der Waals surface area contributed by atoms with E-state index < -0.39 is 0 Å². The Kier molecular flexibility index (Phi) is 6.90. The number of rotatable bonds is 7. The largest absolute Gasteiger partial charge is 0.341 e. The maximum atomic E-state index is 12.9. The van der Waals surface area contributed by atoms with Gasteiger partial charge in [0.05, 0.1) is 9.11 Å². The number of likely N-dealkylation sites (tertiary alicyclic amines) is 1. The predicted octanol–water partition coefficient (Wildman–Crippen LogP) is 4.67. The molecule has 1 amide bonds. The van der Waals surface area contributed by atoms with Gasteiger partial charge >= 0.3 is 0 Å². The molecule has 2 aliphatic rings. The van der Waals surface area contributed by atoms with Crippen molar-refractivity contribution in [1.82, 2.24) is 30.4 Å². The molecule has 2 fully saturated rings. The molecule has 10 heteroatoms. The summed E-state index contributed by atoms with van der Waals surface area (Å²) < 4.78 is 0.911. The quantitative estimate of drug-likeness (QED) is 0.292. The standard InChI is InChI=1S/C26H33IN8O/c1-15-12-21(30-25-29-14-20(27)23(32-25)31-22-13-17(3)33-34-22)16(2)11-19(15)18-5-9-35(10-6-18)24(36)26(28-4)7-8-26/h11-14,18,28H,5-10H2,1-4H3,(H3,29,30,31,32,33,34). The molecule has 1 aromatic carbocycles. The molecular weight excluding hydrogens is 567 g/mol. The first-order valence-electron chi connectivity index (χ1n) is 12.5. The van der Waals surface area contributed by atoms with Crippen LogP contribution in [0.25, 0.3) is 0 Å². The highest BCUT2D eigenvalue weighted by molar-refractivity contribution is 14.1. The van der Waals surface area contributed by atoms with Crippen molar-refractivity contribution in [3.63, 3.8) is 0 Å². The number of amides is 1. The van der Waals surface area contributed by atoms with Gasteiger partial charge in [-0.3, -0.25) is 9.89 Å². The van der Waals surface area contributed by atoms with Crippen LogP contribution in [0.15, 0.2) is 24.4 Å². The van der Waals surface area contributed by atoms with Crippen LogP contribution < -0.4 is 16.0 Å². The third kappa shape index (κ3) is 5.06. The third-order valence-electron chi connectivity index (χ3n) is 7.42. The number of aromatic nitrogens is 4. The number of likely N-dealkylation sites (N-methyl/N-ethyl adjacent to an activating group) is 1. The minimum absolute atomic E-state index is 0.281. The lowest BCUT2D eigenvalue weighted by atomic mass is 9.85. The van der Waals surface area contributed by atoms with Gasteiger partial charge in [0.25, 0.3) is 0 Å². The molecule has 3 aromatic rings. The highest BCUT2D eigenvalue weighted by Crippen LogP contribution is 2.39. The van der Waals surface area contributed by atoms with Gasteiger partial charge in [0.1, 0.15) is 0 Å².